The molecule has 0 atom stereocenters. The molecule has 0 radical (unpaired) electrons. The number of nitrogens with one attached hydrogen (secondary N) is 2. The molecular formula is C12H14F3N3S. The first-order valence-corrected chi connectivity index (χ1v) is 5.96. The molecule has 2 N–H and O–H groups in total. The second kappa shape index (κ2) is 6.51. The Morgan fingerprint density at radius 2 is 2.05 bits per heavy atom. The molecule has 0 bridgehead atoms. The maximum atomic E-state index is 12.5. The van der Waals surface area contributed by atoms with Gasteiger partial charge < -0.3 is 5.32 Å². The average molecular weight is 289 g/mol. The first-order valence-electron chi connectivity index (χ1n) is 5.56. The Morgan fingerprint density at radius 3 is 2.63 bits per heavy atom. The molecule has 1 rings (SSSR count). The van der Waals surface area contributed by atoms with Crippen LogP contribution in [0, 0.1) is 0 Å². The first-order chi connectivity index (χ1) is 8.79. The predicted molar refractivity (Wildman–Crippen MR) is 73.0 cm³/mol. The fraction of sp³-hybridized carbons (Fsp3) is 0.333. The molecule has 0 aliphatic carbocycles. The van der Waals surface area contributed by atoms with E-state index in [0.717, 1.165) is 12.1 Å². The lowest BCUT2D eigenvalue weighted by Crippen LogP contribution is -2.36. The Hall–Kier alpha value is -1.63. The van der Waals surface area contributed by atoms with Gasteiger partial charge in [0.25, 0.3) is 0 Å². The molecule has 1 aromatic carbocycles. The van der Waals surface area contributed by atoms with Gasteiger partial charge in [-0.25, -0.2) is 0 Å². The highest BCUT2D eigenvalue weighted by atomic mass is 32.1. The molecule has 19 heavy (non-hydrogen) atoms. The summed E-state index contributed by atoms with van der Waals surface area (Å²) in [5, 5.41) is 6.98. The first kappa shape index (κ1) is 15.4. The van der Waals surface area contributed by atoms with Crippen molar-refractivity contribution in [3.05, 3.63) is 35.4 Å². The van der Waals surface area contributed by atoms with E-state index in [-0.39, 0.29) is 6.04 Å². The molecule has 0 unspecified atom stereocenters. The number of halogens is 3. The van der Waals surface area contributed by atoms with Gasteiger partial charge in [-0.3, -0.25) is 5.43 Å². The standard InChI is InChI=1S/C12H14F3N3S/c1-8(2)17-11(19)18-16-7-9-4-3-5-10(6-9)12(13,14)15/h3-8H,1-2H3,(H2,17,18,19). The van der Waals surface area contributed by atoms with Crippen molar-refractivity contribution in [1.82, 2.24) is 10.7 Å². The number of thiocarbonyl (C=S) groups is 1. The molecule has 0 fully saturated rings. The molecule has 0 amide bonds. The van der Waals surface area contributed by atoms with Crippen molar-refractivity contribution in [3.63, 3.8) is 0 Å². The monoisotopic (exact) mass is 289 g/mol. The summed E-state index contributed by atoms with van der Waals surface area (Å²) in [7, 11) is 0. The Kier molecular flexibility index (Phi) is 5.29. The van der Waals surface area contributed by atoms with E-state index in [2.05, 4.69) is 15.8 Å². The van der Waals surface area contributed by atoms with Gasteiger partial charge in [0.05, 0.1) is 11.8 Å². The van der Waals surface area contributed by atoms with Gasteiger partial charge in [-0.05, 0) is 43.8 Å². The van der Waals surface area contributed by atoms with Crippen molar-refractivity contribution in [2.75, 3.05) is 0 Å². The highest BCUT2D eigenvalue weighted by Gasteiger charge is 2.30. The summed E-state index contributed by atoms with van der Waals surface area (Å²) in [6, 6.07) is 5.04. The fourth-order valence-electron chi connectivity index (χ4n) is 1.26. The van der Waals surface area contributed by atoms with Gasteiger partial charge in [-0.2, -0.15) is 18.3 Å². The predicted octanol–water partition coefficient (Wildman–Crippen LogP) is 2.91. The third-order valence-corrected chi connectivity index (χ3v) is 2.22. The maximum absolute atomic E-state index is 12.5. The number of nitrogens with zero attached hydrogens (tertiary/aromatic N) is 1. The van der Waals surface area contributed by atoms with Crippen molar-refractivity contribution in [2.45, 2.75) is 26.1 Å². The minimum atomic E-state index is -4.36. The summed E-state index contributed by atoms with van der Waals surface area (Å²) in [5.41, 5.74) is 2.16. The van der Waals surface area contributed by atoms with Gasteiger partial charge in [-0.1, -0.05) is 12.1 Å². The van der Waals surface area contributed by atoms with Crippen LogP contribution in [-0.4, -0.2) is 17.4 Å². The molecular weight excluding hydrogens is 275 g/mol. The minimum Gasteiger partial charge on any atom is -0.359 e. The molecule has 0 aliphatic rings. The molecule has 0 spiro atoms. The second-order valence-electron chi connectivity index (χ2n) is 4.12. The van der Waals surface area contributed by atoms with Crippen LogP contribution in [0.5, 0.6) is 0 Å². The molecule has 0 saturated heterocycles. The van der Waals surface area contributed by atoms with Crippen LogP contribution in [0.15, 0.2) is 29.4 Å². The number of alkyl halides is 3. The summed E-state index contributed by atoms with van der Waals surface area (Å²) < 4.78 is 37.4. The third-order valence-electron chi connectivity index (χ3n) is 2.01. The number of hydrazone groups is 1. The number of rotatable bonds is 3. The normalized spacial score (nSPS) is 11.9. The van der Waals surface area contributed by atoms with E-state index in [9.17, 15) is 13.2 Å². The summed E-state index contributed by atoms with van der Waals surface area (Å²) in [4.78, 5) is 0. The van der Waals surface area contributed by atoms with Crippen LogP contribution in [0.4, 0.5) is 13.2 Å². The van der Waals surface area contributed by atoms with Crippen LogP contribution >= 0.6 is 12.2 Å². The van der Waals surface area contributed by atoms with E-state index in [0.29, 0.717) is 10.7 Å². The van der Waals surface area contributed by atoms with Gasteiger partial charge >= 0.3 is 6.18 Å². The highest BCUT2D eigenvalue weighted by Crippen LogP contribution is 2.29. The zero-order chi connectivity index (χ0) is 14.5. The van der Waals surface area contributed by atoms with Crippen LogP contribution in [-0.2, 0) is 6.18 Å². The van der Waals surface area contributed by atoms with Crippen molar-refractivity contribution in [1.29, 1.82) is 0 Å². The molecule has 1 aromatic rings. The van der Waals surface area contributed by atoms with E-state index < -0.39 is 11.7 Å². The second-order valence-corrected chi connectivity index (χ2v) is 4.53. The Morgan fingerprint density at radius 1 is 1.37 bits per heavy atom. The smallest absolute Gasteiger partial charge is 0.359 e. The molecule has 0 aromatic heterocycles. The van der Waals surface area contributed by atoms with Crippen LogP contribution in [0.25, 0.3) is 0 Å². The molecule has 0 saturated carbocycles. The minimum absolute atomic E-state index is 0.156. The number of hydrogen-bond donors (Lipinski definition) is 2. The zero-order valence-electron chi connectivity index (χ0n) is 10.5. The van der Waals surface area contributed by atoms with E-state index in [1.165, 1.54) is 18.3 Å². The summed E-state index contributed by atoms with van der Waals surface area (Å²) in [6.07, 6.45) is -3.07. The maximum Gasteiger partial charge on any atom is 0.416 e. The Labute approximate surface area is 114 Å². The largest absolute Gasteiger partial charge is 0.416 e. The molecule has 7 heteroatoms. The molecule has 0 aliphatic heterocycles. The zero-order valence-corrected chi connectivity index (χ0v) is 11.3. The van der Waals surface area contributed by atoms with Gasteiger partial charge in [-0.15, -0.1) is 0 Å². The Bertz CT molecular complexity index is 470. The average Bonchev–Trinajstić information content (AvgIpc) is 2.27. The summed E-state index contributed by atoms with van der Waals surface area (Å²) in [6.45, 7) is 3.81. The fourth-order valence-corrected chi connectivity index (χ4v) is 1.54. The van der Waals surface area contributed by atoms with E-state index >= 15 is 0 Å². The van der Waals surface area contributed by atoms with Crippen LogP contribution in [0.1, 0.15) is 25.0 Å². The van der Waals surface area contributed by atoms with Crippen molar-refractivity contribution >= 4 is 23.5 Å². The van der Waals surface area contributed by atoms with Crippen molar-refractivity contribution < 1.29 is 13.2 Å². The van der Waals surface area contributed by atoms with Gasteiger partial charge in [0, 0.05) is 6.04 Å². The van der Waals surface area contributed by atoms with Gasteiger partial charge in [0.2, 0.25) is 0 Å². The lowest BCUT2D eigenvalue weighted by Gasteiger charge is -2.09. The summed E-state index contributed by atoms with van der Waals surface area (Å²) in [5.74, 6) is 0. The van der Waals surface area contributed by atoms with Gasteiger partial charge in [0.1, 0.15) is 0 Å². The van der Waals surface area contributed by atoms with E-state index in [1.807, 2.05) is 13.8 Å². The van der Waals surface area contributed by atoms with Crippen molar-refractivity contribution in [2.24, 2.45) is 5.10 Å². The highest BCUT2D eigenvalue weighted by molar-refractivity contribution is 7.80. The van der Waals surface area contributed by atoms with E-state index in [4.69, 9.17) is 12.2 Å². The molecule has 3 nitrogen and oxygen atoms in total. The topological polar surface area (TPSA) is 36.4 Å². The van der Waals surface area contributed by atoms with Crippen LogP contribution in [0.3, 0.4) is 0 Å². The molecule has 104 valence electrons. The lowest BCUT2D eigenvalue weighted by atomic mass is 10.1. The quantitative estimate of drug-likeness (QED) is 0.510. The van der Waals surface area contributed by atoms with Gasteiger partial charge in [0.15, 0.2) is 5.11 Å². The van der Waals surface area contributed by atoms with Crippen LogP contribution in [0.2, 0.25) is 0 Å². The van der Waals surface area contributed by atoms with Crippen LogP contribution < -0.4 is 10.7 Å². The number of benzene rings is 1. The van der Waals surface area contributed by atoms with E-state index in [1.54, 1.807) is 0 Å². The number of hydrogen-bond acceptors (Lipinski definition) is 2. The Balaban J connectivity index is 2.65. The van der Waals surface area contributed by atoms with Crippen molar-refractivity contribution in [3.8, 4) is 0 Å². The lowest BCUT2D eigenvalue weighted by molar-refractivity contribution is -0.137. The SMILES string of the molecule is CC(C)NC(=S)NN=Cc1cccc(C(F)(F)F)c1. The molecule has 0 heterocycles. The third kappa shape index (κ3) is 5.69. The summed E-state index contributed by atoms with van der Waals surface area (Å²) >= 11 is 4.91.